The maximum Gasteiger partial charge on any atom is 0.442 e. The zero-order chi connectivity index (χ0) is 23.2. The smallest absolute Gasteiger partial charge is 0.442 e. The van der Waals surface area contributed by atoms with E-state index in [2.05, 4.69) is 15.9 Å². The molecular formula is C24H22ClN3O6. The van der Waals surface area contributed by atoms with Gasteiger partial charge in [0.1, 0.15) is 13.2 Å². The first-order chi connectivity index (χ1) is 16.6. The van der Waals surface area contributed by atoms with Crippen LogP contribution in [0.1, 0.15) is 5.56 Å². The van der Waals surface area contributed by atoms with E-state index in [9.17, 15) is 9.59 Å². The van der Waals surface area contributed by atoms with Crippen molar-refractivity contribution >= 4 is 33.9 Å². The van der Waals surface area contributed by atoms with E-state index in [4.69, 9.17) is 30.0 Å². The fourth-order valence-corrected chi connectivity index (χ4v) is 5.07. The summed E-state index contributed by atoms with van der Waals surface area (Å²) >= 11 is 6.48. The Kier molecular flexibility index (Phi) is 5.23. The number of fused-ring (bicyclic) bond motifs is 4. The van der Waals surface area contributed by atoms with Gasteiger partial charge in [-0.05, 0) is 30.7 Å². The van der Waals surface area contributed by atoms with Gasteiger partial charge in [-0.15, -0.1) is 4.57 Å². The van der Waals surface area contributed by atoms with Crippen LogP contribution in [0.15, 0.2) is 54.9 Å². The predicted molar refractivity (Wildman–Crippen MR) is 127 cm³/mol. The first kappa shape index (κ1) is 21.1. The van der Waals surface area contributed by atoms with Gasteiger partial charge in [-0.25, -0.2) is 9.59 Å². The van der Waals surface area contributed by atoms with Crippen LogP contribution in [0.25, 0.3) is 16.6 Å². The fourth-order valence-electron chi connectivity index (χ4n) is 4.78. The lowest BCUT2D eigenvalue weighted by molar-refractivity contribution is 0.171. The molecule has 0 unspecified atom stereocenters. The van der Waals surface area contributed by atoms with Gasteiger partial charge in [-0.3, -0.25) is 4.90 Å². The Morgan fingerprint density at radius 2 is 1.71 bits per heavy atom. The molecule has 0 atom stereocenters. The summed E-state index contributed by atoms with van der Waals surface area (Å²) in [5.74, 6) is 1.61. The average Bonchev–Trinajstić information content (AvgIpc) is 3.16. The number of anilines is 1. The number of para-hydroxylation sites is 1. The summed E-state index contributed by atoms with van der Waals surface area (Å²) < 4.78 is 23.4. The van der Waals surface area contributed by atoms with Crippen LogP contribution in [0.5, 0.6) is 11.5 Å². The number of hydrogen-bond donors (Lipinski definition) is 0. The van der Waals surface area contributed by atoms with Crippen LogP contribution in [0, 0.1) is 0 Å². The summed E-state index contributed by atoms with van der Waals surface area (Å²) in [6, 6.07) is 11.3. The molecule has 0 spiro atoms. The Bertz CT molecular complexity index is 1500. The number of hydrogen-bond acceptors (Lipinski definition) is 8. The maximum absolute atomic E-state index is 11.9. The number of nitrogens with zero attached hydrogens (tertiary/aromatic N) is 3. The van der Waals surface area contributed by atoms with E-state index in [1.54, 1.807) is 18.2 Å². The lowest BCUT2D eigenvalue weighted by Crippen LogP contribution is -2.47. The van der Waals surface area contributed by atoms with Crippen molar-refractivity contribution in [3.63, 3.8) is 0 Å². The summed E-state index contributed by atoms with van der Waals surface area (Å²) in [5.41, 5.74) is 0.554. The van der Waals surface area contributed by atoms with Crippen molar-refractivity contribution < 1.29 is 18.4 Å². The van der Waals surface area contributed by atoms with Gasteiger partial charge in [0.25, 0.3) is 0 Å². The third-order valence-electron chi connectivity index (χ3n) is 6.42. The van der Waals surface area contributed by atoms with Gasteiger partial charge in [-0.2, -0.15) is 0 Å². The summed E-state index contributed by atoms with van der Waals surface area (Å²) in [4.78, 5) is 28.3. The highest BCUT2D eigenvalue weighted by Gasteiger charge is 2.25. The van der Waals surface area contributed by atoms with Crippen LogP contribution in [-0.4, -0.2) is 55.4 Å². The molecule has 9 nitrogen and oxygen atoms in total. The highest BCUT2D eigenvalue weighted by molar-refractivity contribution is 6.36. The maximum atomic E-state index is 11.9. The number of piperazine rings is 1. The zero-order valence-electron chi connectivity index (χ0n) is 18.3. The van der Waals surface area contributed by atoms with Crippen LogP contribution >= 0.6 is 11.6 Å². The standard InChI is InChI=1S/C24H22ClN3O6/c25-16-3-1-4-17-20(16)15(22-28(17)34-24(30)23(29)33-22)7-8-26-9-11-27(12-10-26)18-5-2-6-19-21(18)32-14-13-31-19/h1-6H,7-14H2. The normalized spacial score (nSPS) is 16.4. The van der Waals surface area contributed by atoms with Crippen molar-refractivity contribution in [1.29, 1.82) is 0 Å². The van der Waals surface area contributed by atoms with Gasteiger partial charge < -0.3 is 23.3 Å². The molecule has 6 rings (SSSR count). The van der Waals surface area contributed by atoms with Crippen LogP contribution in [0.3, 0.4) is 0 Å². The first-order valence-electron chi connectivity index (χ1n) is 11.2. The number of rotatable bonds is 4. The molecule has 2 aliphatic rings. The van der Waals surface area contributed by atoms with E-state index in [0.29, 0.717) is 30.2 Å². The Labute approximate surface area is 198 Å². The van der Waals surface area contributed by atoms with Gasteiger partial charge in [0, 0.05) is 43.7 Å². The summed E-state index contributed by atoms with van der Waals surface area (Å²) in [5, 5.41) is 1.25. The topological polar surface area (TPSA) is 89.8 Å². The van der Waals surface area contributed by atoms with Crippen LogP contribution < -0.4 is 25.6 Å². The van der Waals surface area contributed by atoms with Gasteiger partial charge in [0.15, 0.2) is 11.5 Å². The van der Waals surface area contributed by atoms with Crippen LogP contribution in [-0.2, 0) is 6.42 Å². The van der Waals surface area contributed by atoms with Crippen LogP contribution in [0.2, 0.25) is 5.02 Å². The Hall–Kier alpha value is -3.43. The highest BCUT2D eigenvalue weighted by Crippen LogP contribution is 2.40. The van der Waals surface area contributed by atoms with Crippen molar-refractivity contribution in [2.75, 3.05) is 50.8 Å². The first-order valence-corrected chi connectivity index (χ1v) is 11.6. The van der Waals surface area contributed by atoms with Crippen molar-refractivity contribution in [1.82, 2.24) is 9.47 Å². The Morgan fingerprint density at radius 3 is 2.56 bits per heavy atom. The number of ether oxygens (including phenoxy) is 2. The van der Waals surface area contributed by atoms with Crippen LogP contribution in [0.4, 0.5) is 5.69 Å². The molecule has 1 fully saturated rings. The monoisotopic (exact) mass is 483 g/mol. The zero-order valence-corrected chi connectivity index (χ0v) is 19.0. The second-order valence-electron chi connectivity index (χ2n) is 8.36. The second-order valence-corrected chi connectivity index (χ2v) is 8.77. The van der Waals surface area contributed by atoms with E-state index in [1.165, 1.54) is 4.57 Å². The molecule has 0 bridgehead atoms. The van der Waals surface area contributed by atoms with Crippen molar-refractivity contribution in [3.05, 3.63) is 67.8 Å². The largest absolute Gasteiger partial charge is 0.486 e. The van der Waals surface area contributed by atoms with Crippen molar-refractivity contribution in [2.24, 2.45) is 0 Å². The van der Waals surface area contributed by atoms with E-state index in [0.717, 1.165) is 60.9 Å². The molecule has 2 aliphatic heterocycles. The fraction of sp³-hybridized carbons (Fsp3) is 0.333. The summed E-state index contributed by atoms with van der Waals surface area (Å²) in [6.45, 7) is 5.29. The minimum atomic E-state index is -1.05. The average molecular weight is 484 g/mol. The molecule has 1 saturated heterocycles. The lowest BCUT2D eigenvalue weighted by atomic mass is 10.1. The van der Waals surface area contributed by atoms with E-state index in [1.807, 2.05) is 12.1 Å². The quantitative estimate of drug-likeness (QED) is 0.409. The molecule has 2 aromatic heterocycles. The summed E-state index contributed by atoms with van der Waals surface area (Å²) in [7, 11) is 0. The Morgan fingerprint density at radius 1 is 0.912 bits per heavy atom. The van der Waals surface area contributed by atoms with Gasteiger partial charge >= 0.3 is 11.3 Å². The van der Waals surface area contributed by atoms with Gasteiger partial charge in [0.05, 0.1) is 16.2 Å². The number of aromatic nitrogens is 1. The molecule has 0 aliphatic carbocycles. The minimum Gasteiger partial charge on any atom is -0.486 e. The molecule has 2 aromatic carbocycles. The Balaban J connectivity index is 1.22. The molecule has 34 heavy (non-hydrogen) atoms. The molecule has 10 heteroatoms. The molecule has 0 amide bonds. The number of halogens is 1. The third-order valence-corrected chi connectivity index (χ3v) is 6.74. The van der Waals surface area contributed by atoms with Crippen molar-refractivity contribution in [3.8, 4) is 11.5 Å². The van der Waals surface area contributed by atoms with E-state index >= 15 is 0 Å². The third kappa shape index (κ3) is 3.52. The lowest BCUT2D eigenvalue weighted by Gasteiger charge is -2.37. The highest BCUT2D eigenvalue weighted by atomic mass is 35.5. The molecule has 176 valence electrons. The van der Waals surface area contributed by atoms with Crippen molar-refractivity contribution in [2.45, 2.75) is 6.42 Å². The van der Waals surface area contributed by atoms with Gasteiger partial charge in [0.2, 0.25) is 5.71 Å². The SMILES string of the molecule is O=c1oc2c(CCN3CCN(c4cccc5c4OCCO5)CC3)c3c(Cl)cccc3n2oc1=O. The molecular weight excluding hydrogens is 462 g/mol. The minimum absolute atomic E-state index is 0.222. The summed E-state index contributed by atoms with van der Waals surface area (Å²) in [6.07, 6.45) is 0.588. The number of benzene rings is 2. The van der Waals surface area contributed by atoms with E-state index in [-0.39, 0.29) is 5.71 Å². The molecule has 4 aromatic rings. The molecule has 0 N–H and O–H groups in total. The second kappa shape index (κ2) is 8.41. The molecule has 0 saturated carbocycles. The molecule has 0 radical (unpaired) electrons. The molecule has 4 heterocycles. The predicted octanol–water partition coefficient (Wildman–Crippen LogP) is 2.79. The van der Waals surface area contributed by atoms with Gasteiger partial charge in [-0.1, -0.05) is 23.7 Å². The van der Waals surface area contributed by atoms with E-state index < -0.39 is 11.3 Å².